The summed E-state index contributed by atoms with van der Waals surface area (Å²) in [6, 6.07) is 7.84. The first-order chi connectivity index (χ1) is 15.2. The molecule has 1 N–H and O–H groups in total. The van der Waals surface area contributed by atoms with Gasteiger partial charge in [0.05, 0.1) is 17.5 Å². The van der Waals surface area contributed by atoms with Crippen LogP contribution in [0.3, 0.4) is 0 Å². The van der Waals surface area contributed by atoms with Gasteiger partial charge in [0, 0.05) is 24.8 Å². The smallest absolute Gasteiger partial charge is 0.419 e. The maximum atomic E-state index is 13.4. The summed E-state index contributed by atoms with van der Waals surface area (Å²) in [7, 11) is 0. The molecule has 1 aliphatic heterocycles. The third-order valence-electron chi connectivity index (χ3n) is 5.42. The molecule has 3 rings (SSSR count). The molecule has 1 aromatic heterocycles. The highest BCUT2D eigenvalue weighted by Gasteiger charge is 2.37. The van der Waals surface area contributed by atoms with Crippen molar-refractivity contribution in [3.63, 3.8) is 0 Å². The van der Waals surface area contributed by atoms with Crippen LogP contribution < -0.4 is 15.0 Å². The largest absolute Gasteiger partial charge is 0.434 e. The van der Waals surface area contributed by atoms with Gasteiger partial charge in [0.2, 0.25) is 5.91 Å². The van der Waals surface area contributed by atoms with Crippen LogP contribution in [0.15, 0.2) is 42.6 Å². The number of aromatic nitrogens is 1. The van der Waals surface area contributed by atoms with Gasteiger partial charge in [0.1, 0.15) is 11.6 Å². The van der Waals surface area contributed by atoms with Crippen molar-refractivity contribution in [2.45, 2.75) is 45.0 Å². The number of benzene rings is 1. The summed E-state index contributed by atoms with van der Waals surface area (Å²) in [5.74, 6) is -1.13. The number of piperidine rings is 1. The second kappa shape index (κ2) is 10.1. The number of nitrogens with one attached hydrogen (secondary N) is 1. The number of alkyl halides is 5. The van der Waals surface area contributed by atoms with Crippen LogP contribution >= 0.6 is 0 Å². The second-order valence-electron chi connectivity index (χ2n) is 7.54. The molecule has 1 aromatic carbocycles. The number of pyridine rings is 1. The lowest BCUT2D eigenvalue weighted by molar-refractivity contribution is -0.137. The van der Waals surface area contributed by atoms with Gasteiger partial charge in [-0.05, 0) is 37.5 Å². The van der Waals surface area contributed by atoms with Crippen LogP contribution in [0.2, 0.25) is 0 Å². The first-order valence-electron chi connectivity index (χ1n) is 10.3. The Kier molecular flexibility index (Phi) is 7.52. The number of rotatable bonds is 7. The maximum absolute atomic E-state index is 13.4. The normalized spacial score (nSPS) is 17.8. The van der Waals surface area contributed by atoms with Gasteiger partial charge >= 0.3 is 12.8 Å². The number of ether oxygens (including phenoxy) is 1. The zero-order valence-corrected chi connectivity index (χ0v) is 17.4. The molecule has 0 bridgehead atoms. The molecule has 2 atom stereocenters. The SMILES string of the molecule is CCC(NC(=O)C1CCCN(c2ncccc2C(F)(F)F)C1)c1ccccc1OC(F)F. The molecule has 10 heteroatoms. The molecule has 0 radical (unpaired) electrons. The fourth-order valence-corrected chi connectivity index (χ4v) is 3.91. The van der Waals surface area contributed by atoms with Crippen molar-refractivity contribution in [1.82, 2.24) is 10.3 Å². The molecule has 1 saturated heterocycles. The fraction of sp³-hybridized carbons (Fsp3) is 0.455. The number of para-hydroxylation sites is 1. The Labute approximate surface area is 182 Å². The van der Waals surface area contributed by atoms with E-state index in [1.54, 1.807) is 25.1 Å². The van der Waals surface area contributed by atoms with Crippen LogP contribution in [-0.2, 0) is 11.0 Å². The summed E-state index contributed by atoms with van der Waals surface area (Å²) >= 11 is 0. The summed E-state index contributed by atoms with van der Waals surface area (Å²) < 4.78 is 70.2. The van der Waals surface area contributed by atoms with E-state index in [4.69, 9.17) is 0 Å². The number of carbonyl (C=O) groups is 1. The molecule has 0 spiro atoms. The topological polar surface area (TPSA) is 54.5 Å². The number of amides is 1. The Hall–Kier alpha value is -2.91. The van der Waals surface area contributed by atoms with E-state index in [1.165, 1.54) is 23.2 Å². The highest BCUT2D eigenvalue weighted by atomic mass is 19.4. The predicted molar refractivity (Wildman–Crippen MR) is 108 cm³/mol. The van der Waals surface area contributed by atoms with Gasteiger partial charge < -0.3 is 15.0 Å². The summed E-state index contributed by atoms with van der Waals surface area (Å²) in [6.45, 7) is -0.776. The van der Waals surface area contributed by atoms with Gasteiger partial charge in [-0.15, -0.1) is 0 Å². The van der Waals surface area contributed by atoms with Gasteiger partial charge in [-0.2, -0.15) is 22.0 Å². The quantitative estimate of drug-likeness (QED) is 0.582. The van der Waals surface area contributed by atoms with Gasteiger partial charge in [0.25, 0.3) is 0 Å². The molecule has 32 heavy (non-hydrogen) atoms. The van der Waals surface area contributed by atoms with Gasteiger partial charge in [-0.1, -0.05) is 25.1 Å². The number of carbonyl (C=O) groups excluding carboxylic acids is 1. The van der Waals surface area contributed by atoms with Crippen LogP contribution in [0.25, 0.3) is 0 Å². The highest BCUT2D eigenvalue weighted by molar-refractivity contribution is 5.80. The molecule has 174 valence electrons. The number of halogens is 5. The monoisotopic (exact) mass is 457 g/mol. The Morgan fingerprint density at radius 1 is 1.25 bits per heavy atom. The molecule has 2 unspecified atom stereocenters. The minimum atomic E-state index is -4.56. The van der Waals surface area contributed by atoms with Gasteiger partial charge in [-0.3, -0.25) is 4.79 Å². The maximum Gasteiger partial charge on any atom is 0.419 e. The lowest BCUT2D eigenvalue weighted by Crippen LogP contribution is -2.44. The van der Waals surface area contributed by atoms with E-state index in [1.807, 2.05) is 0 Å². The van der Waals surface area contributed by atoms with E-state index < -0.39 is 30.3 Å². The Balaban J connectivity index is 1.75. The van der Waals surface area contributed by atoms with Crippen LogP contribution in [0.5, 0.6) is 5.75 Å². The van der Waals surface area contributed by atoms with Crippen molar-refractivity contribution in [1.29, 1.82) is 0 Å². The molecule has 2 aromatic rings. The van der Waals surface area contributed by atoms with E-state index >= 15 is 0 Å². The van der Waals surface area contributed by atoms with Crippen molar-refractivity contribution in [2.75, 3.05) is 18.0 Å². The van der Waals surface area contributed by atoms with Gasteiger partial charge in [-0.25, -0.2) is 4.98 Å². The first-order valence-corrected chi connectivity index (χ1v) is 10.3. The zero-order valence-electron chi connectivity index (χ0n) is 17.4. The Morgan fingerprint density at radius 3 is 2.69 bits per heavy atom. The lowest BCUT2D eigenvalue weighted by atomic mass is 9.95. The minimum Gasteiger partial charge on any atom is -0.434 e. The molecule has 1 fully saturated rings. The number of hydrogen-bond donors (Lipinski definition) is 1. The van der Waals surface area contributed by atoms with Crippen molar-refractivity contribution < 1.29 is 31.5 Å². The molecule has 1 aliphatic rings. The molecular weight excluding hydrogens is 433 g/mol. The number of nitrogens with zero attached hydrogens (tertiary/aromatic N) is 2. The fourth-order valence-electron chi connectivity index (χ4n) is 3.91. The van der Waals surface area contributed by atoms with Crippen LogP contribution in [0.4, 0.5) is 27.8 Å². The summed E-state index contributed by atoms with van der Waals surface area (Å²) in [5.41, 5.74) is -0.425. The van der Waals surface area contributed by atoms with E-state index in [9.17, 15) is 26.7 Å². The Bertz CT molecular complexity index is 922. The molecule has 5 nitrogen and oxygen atoms in total. The molecule has 1 amide bonds. The molecular formula is C22H24F5N3O2. The summed E-state index contributed by atoms with van der Waals surface area (Å²) in [6.07, 6.45) is -1.82. The van der Waals surface area contributed by atoms with Crippen molar-refractivity contribution in [3.05, 3.63) is 53.7 Å². The first kappa shape index (κ1) is 23.7. The van der Waals surface area contributed by atoms with Crippen LogP contribution in [-0.4, -0.2) is 30.6 Å². The van der Waals surface area contributed by atoms with E-state index in [2.05, 4.69) is 15.0 Å². The highest BCUT2D eigenvalue weighted by Crippen LogP contribution is 2.36. The third-order valence-corrected chi connectivity index (χ3v) is 5.42. The lowest BCUT2D eigenvalue weighted by Gasteiger charge is -2.34. The number of hydrogen-bond acceptors (Lipinski definition) is 4. The number of anilines is 1. The summed E-state index contributed by atoms with van der Waals surface area (Å²) in [5, 5.41) is 2.85. The summed E-state index contributed by atoms with van der Waals surface area (Å²) in [4.78, 5) is 18.4. The predicted octanol–water partition coefficient (Wildman–Crippen LogP) is 5.19. The second-order valence-corrected chi connectivity index (χ2v) is 7.54. The molecule has 0 aliphatic carbocycles. The Morgan fingerprint density at radius 2 is 2.00 bits per heavy atom. The van der Waals surface area contributed by atoms with Crippen molar-refractivity contribution in [3.8, 4) is 5.75 Å². The standard InChI is InChI=1S/C22H24F5N3O2/c1-2-17(15-8-3-4-10-18(15)32-21(23)24)29-20(31)14-7-6-12-30(13-14)19-16(22(25,26)27)9-5-11-28-19/h3-5,8-11,14,17,21H,2,6-7,12-13H2,1H3,(H,29,31). The molecule has 0 saturated carbocycles. The van der Waals surface area contributed by atoms with Crippen molar-refractivity contribution in [2.24, 2.45) is 5.92 Å². The third kappa shape index (κ3) is 5.66. The minimum absolute atomic E-state index is 0.0248. The van der Waals surface area contributed by atoms with E-state index in [0.29, 0.717) is 31.4 Å². The molecule has 2 heterocycles. The van der Waals surface area contributed by atoms with E-state index in [-0.39, 0.29) is 24.0 Å². The zero-order chi connectivity index (χ0) is 23.3. The van der Waals surface area contributed by atoms with Crippen LogP contribution in [0, 0.1) is 5.92 Å². The van der Waals surface area contributed by atoms with E-state index in [0.717, 1.165) is 6.07 Å². The average molecular weight is 457 g/mol. The van der Waals surface area contributed by atoms with Gasteiger partial charge in [0.15, 0.2) is 0 Å². The average Bonchev–Trinajstić information content (AvgIpc) is 2.77. The van der Waals surface area contributed by atoms with Crippen molar-refractivity contribution >= 4 is 11.7 Å². The van der Waals surface area contributed by atoms with Crippen LogP contribution in [0.1, 0.15) is 43.4 Å².